The zero-order valence-corrected chi connectivity index (χ0v) is 11.0. The van der Waals surface area contributed by atoms with E-state index in [0.29, 0.717) is 11.3 Å². The number of para-hydroxylation sites is 1. The van der Waals surface area contributed by atoms with Crippen LogP contribution in [0.15, 0.2) is 29.4 Å². The number of nitrogens with one attached hydrogen (secondary N) is 1. The lowest BCUT2D eigenvalue weighted by atomic mass is 10.1. The van der Waals surface area contributed by atoms with Gasteiger partial charge in [0.2, 0.25) is 0 Å². The van der Waals surface area contributed by atoms with Gasteiger partial charge in [-0.15, -0.1) is 0 Å². The van der Waals surface area contributed by atoms with Crippen molar-refractivity contribution in [1.82, 2.24) is 5.43 Å². The average Bonchev–Trinajstić information content (AvgIpc) is 2.24. The van der Waals surface area contributed by atoms with Gasteiger partial charge in [0, 0.05) is 5.56 Å². The molecule has 0 fully saturated rings. The Morgan fingerprint density at radius 3 is 2.50 bits per heavy atom. The Kier molecular flexibility index (Phi) is 4.31. The Morgan fingerprint density at radius 1 is 1.33 bits per heavy atom. The van der Waals surface area contributed by atoms with Gasteiger partial charge in [-0.25, -0.2) is 10.2 Å². The van der Waals surface area contributed by atoms with Crippen molar-refractivity contribution in [2.45, 2.75) is 33.3 Å². The fourth-order valence-corrected chi connectivity index (χ4v) is 1.27. The molecule has 0 spiro atoms. The van der Waals surface area contributed by atoms with E-state index < -0.39 is 11.7 Å². The van der Waals surface area contributed by atoms with Gasteiger partial charge in [-0.2, -0.15) is 5.10 Å². The Bertz CT molecular complexity index is 462. The van der Waals surface area contributed by atoms with Crippen molar-refractivity contribution in [2.75, 3.05) is 0 Å². The van der Waals surface area contributed by atoms with Crippen LogP contribution in [0.4, 0.5) is 4.79 Å². The molecule has 0 aliphatic rings. The number of carbonyl (C=O) groups is 1. The minimum Gasteiger partial charge on any atom is -0.507 e. The summed E-state index contributed by atoms with van der Waals surface area (Å²) in [5.74, 6) is 0.115. The molecule has 0 unspecified atom stereocenters. The molecule has 1 rings (SSSR count). The first kappa shape index (κ1) is 14.0. The van der Waals surface area contributed by atoms with E-state index in [4.69, 9.17) is 4.74 Å². The molecule has 0 aliphatic heterocycles. The van der Waals surface area contributed by atoms with Gasteiger partial charge >= 0.3 is 6.09 Å². The first-order valence-corrected chi connectivity index (χ1v) is 5.61. The van der Waals surface area contributed by atoms with E-state index in [1.807, 2.05) is 0 Å². The van der Waals surface area contributed by atoms with Crippen LogP contribution in [0.1, 0.15) is 33.3 Å². The first-order chi connectivity index (χ1) is 8.29. The lowest BCUT2D eigenvalue weighted by Crippen LogP contribution is -2.30. The monoisotopic (exact) mass is 250 g/mol. The summed E-state index contributed by atoms with van der Waals surface area (Å²) in [5.41, 5.74) is 2.78. The van der Waals surface area contributed by atoms with Gasteiger partial charge in [-0.1, -0.05) is 12.1 Å². The number of phenols is 1. The first-order valence-electron chi connectivity index (χ1n) is 5.61. The maximum atomic E-state index is 11.4. The topological polar surface area (TPSA) is 70.9 Å². The number of ether oxygens (including phenoxy) is 1. The van der Waals surface area contributed by atoms with Crippen molar-refractivity contribution in [3.05, 3.63) is 29.8 Å². The summed E-state index contributed by atoms with van der Waals surface area (Å²) in [7, 11) is 0. The molecule has 1 amide bonds. The summed E-state index contributed by atoms with van der Waals surface area (Å²) in [6.07, 6.45) is -0.628. The SMILES string of the molecule is CC(=NNC(=O)OC(C)(C)C)c1ccccc1O. The number of hydrogen-bond donors (Lipinski definition) is 2. The Morgan fingerprint density at radius 2 is 1.94 bits per heavy atom. The summed E-state index contributed by atoms with van der Waals surface area (Å²) in [5, 5.41) is 13.5. The smallest absolute Gasteiger partial charge is 0.428 e. The van der Waals surface area contributed by atoms with Crippen LogP contribution in [-0.4, -0.2) is 22.5 Å². The van der Waals surface area contributed by atoms with Gasteiger partial charge in [0.05, 0.1) is 5.71 Å². The highest BCUT2D eigenvalue weighted by Gasteiger charge is 2.15. The van der Waals surface area contributed by atoms with Crippen LogP contribution in [-0.2, 0) is 4.74 Å². The molecule has 18 heavy (non-hydrogen) atoms. The summed E-state index contributed by atoms with van der Waals surface area (Å²) < 4.78 is 5.03. The van der Waals surface area contributed by atoms with E-state index >= 15 is 0 Å². The van der Waals surface area contributed by atoms with Crippen LogP contribution in [0.3, 0.4) is 0 Å². The van der Waals surface area contributed by atoms with Crippen molar-refractivity contribution in [3.63, 3.8) is 0 Å². The number of phenolic OH excluding ortho intramolecular Hbond substituents is 1. The quantitative estimate of drug-likeness (QED) is 0.626. The number of benzene rings is 1. The molecule has 1 aromatic carbocycles. The second-order valence-corrected chi connectivity index (χ2v) is 4.83. The molecule has 0 bridgehead atoms. The van der Waals surface area contributed by atoms with Gasteiger partial charge in [0.25, 0.3) is 0 Å². The molecule has 0 saturated heterocycles. The number of nitrogens with zero attached hydrogens (tertiary/aromatic N) is 1. The summed E-state index contributed by atoms with van der Waals surface area (Å²) in [4.78, 5) is 11.4. The summed E-state index contributed by atoms with van der Waals surface area (Å²) in [6.45, 7) is 7.00. The van der Waals surface area contributed by atoms with Gasteiger partial charge in [-0.05, 0) is 39.8 Å². The molecule has 0 aliphatic carbocycles. The maximum absolute atomic E-state index is 11.4. The zero-order valence-electron chi connectivity index (χ0n) is 11.0. The lowest BCUT2D eigenvalue weighted by Gasteiger charge is -2.18. The number of carbonyl (C=O) groups excluding carboxylic acids is 1. The largest absolute Gasteiger partial charge is 0.507 e. The number of hydrogen-bond acceptors (Lipinski definition) is 4. The van der Waals surface area contributed by atoms with Gasteiger partial charge in [0.15, 0.2) is 0 Å². The lowest BCUT2D eigenvalue weighted by molar-refractivity contribution is 0.0529. The molecule has 0 heterocycles. The van der Waals surface area contributed by atoms with E-state index in [-0.39, 0.29) is 5.75 Å². The summed E-state index contributed by atoms with van der Waals surface area (Å²) in [6, 6.07) is 6.77. The molecular weight excluding hydrogens is 232 g/mol. The third-order valence-corrected chi connectivity index (χ3v) is 2.01. The van der Waals surface area contributed by atoms with E-state index in [2.05, 4.69) is 10.5 Å². The van der Waals surface area contributed by atoms with Crippen molar-refractivity contribution in [3.8, 4) is 5.75 Å². The number of rotatable bonds is 2. The van der Waals surface area contributed by atoms with Crippen molar-refractivity contribution in [1.29, 1.82) is 0 Å². The molecule has 5 heteroatoms. The predicted octanol–water partition coefficient (Wildman–Crippen LogP) is 2.64. The highest BCUT2D eigenvalue weighted by molar-refractivity contribution is 6.01. The summed E-state index contributed by atoms with van der Waals surface area (Å²) >= 11 is 0. The minimum atomic E-state index is -0.628. The van der Waals surface area contributed by atoms with Gasteiger partial charge in [0.1, 0.15) is 11.4 Å². The Labute approximate surface area is 106 Å². The Balaban J connectivity index is 2.69. The van der Waals surface area contributed by atoms with Crippen molar-refractivity contribution in [2.24, 2.45) is 5.10 Å². The fourth-order valence-electron chi connectivity index (χ4n) is 1.27. The molecule has 0 radical (unpaired) electrons. The van der Waals surface area contributed by atoms with Gasteiger partial charge in [-0.3, -0.25) is 0 Å². The highest BCUT2D eigenvalue weighted by atomic mass is 16.6. The Hall–Kier alpha value is -2.04. The zero-order chi connectivity index (χ0) is 13.8. The standard InChI is InChI=1S/C13H18N2O3/c1-9(10-7-5-6-8-11(10)16)14-15-12(17)18-13(2,3)4/h5-8,16H,1-4H3,(H,15,17). The molecule has 0 atom stereocenters. The molecule has 2 N–H and O–H groups in total. The van der Waals surface area contributed by atoms with Crippen LogP contribution in [0.5, 0.6) is 5.75 Å². The normalized spacial score (nSPS) is 12.1. The van der Waals surface area contributed by atoms with Crippen LogP contribution in [0.2, 0.25) is 0 Å². The molecule has 98 valence electrons. The van der Waals surface area contributed by atoms with Crippen LogP contribution in [0, 0.1) is 0 Å². The van der Waals surface area contributed by atoms with Crippen LogP contribution >= 0.6 is 0 Å². The molecular formula is C13H18N2O3. The highest BCUT2D eigenvalue weighted by Crippen LogP contribution is 2.16. The molecule has 0 saturated carbocycles. The second-order valence-electron chi connectivity index (χ2n) is 4.83. The number of hydrazone groups is 1. The van der Waals surface area contributed by atoms with Crippen molar-refractivity contribution >= 4 is 11.8 Å². The van der Waals surface area contributed by atoms with Crippen molar-refractivity contribution < 1.29 is 14.6 Å². The number of aromatic hydroxyl groups is 1. The molecule has 5 nitrogen and oxygen atoms in total. The van der Waals surface area contributed by atoms with E-state index in [1.54, 1.807) is 52.0 Å². The van der Waals surface area contributed by atoms with E-state index in [9.17, 15) is 9.90 Å². The van der Waals surface area contributed by atoms with Crippen LogP contribution < -0.4 is 5.43 Å². The third kappa shape index (κ3) is 4.45. The molecule has 0 aromatic heterocycles. The average molecular weight is 250 g/mol. The van der Waals surface area contributed by atoms with Gasteiger partial charge < -0.3 is 9.84 Å². The predicted molar refractivity (Wildman–Crippen MR) is 69.7 cm³/mol. The number of amides is 1. The minimum absolute atomic E-state index is 0.115. The second kappa shape index (κ2) is 5.53. The molecule has 1 aromatic rings. The van der Waals surface area contributed by atoms with E-state index in [1.165, 1.54) is 0 Å². The third-order valence-electron chi connectivity index (χ3n) is 2.01. The van der Waals surface area contributed by atoms with E-state index in [0.717, 1.165) is 0 Å². The van der Waals surface area contributed by atoms with Crippen LogP contribution in [0.25, 0.3) is 0 Å². The maximum Gasteiger partial charge on any atom is 0.428 e. The fraction of sp³-hybridized carbons (Fsp3) is 0.385.